The molecule has 3 heterocycles. The van der Waals surface area contributed by atoms with Gasteiger partial charge in [0.15, 0.2) is 11.5 Å². The molecule has 0 spiro atoms. The maximum atomic E-state index is 14.8. The molecule has 0 aliphatic carbocycles. The molecule has 2 atom stereocenters. The Kier molecular flexibility index (Phi) is 11.5. The molecule has 1 fully saturated rings. The molecule has 2 aliphatic rings. The van der Waals surface area contributed by atoms with E-state index in [-0.39, 0.29) is 56.6 Å². The number of rotatable bonds is 16. The number of nitrogens with zero attached hydrogens (tertiary/aromatic N) is 4. The summed E-state index contributed by atoms with van der Waals surface area (Å²) in [5.41, 5.74) is 5.23. The summed E-state index contributed by atoms with van der Waals surface area (Å²) in [5.74, 6) is -0.270. The van der Waals surface area contributed by atoms with Crippen molar-refractivity contribution in [1.29, 1.82) is 0 Å². The number of aromatic nitrogens is 1. The van der Waals surface area contributed by atoms with Gasteiger partial charge in [0.25, 0.3) is 0 Å². The Morgan fingerprint density at radius 3 is 2.30 bits per heavy atom. The molecule has 1 aromatic heterocycles. The van der Waals surface area contributed by atoms with Crippen molar-refractivity contribution in [3.63, 3.8) is 0 Å². The molecule has 0 radical (unpaired) electrons. The summed E-state index contributed by atoms with van der Waals surface area (Å²) in [7, 11) is -8.56. The minimum atomic E-state index is -4.41. The minimum absolute atomic E-state index is 0.0203. The number of hydrogen-bond donors (Lipinski definition) is 2. The molecule has 1 saturated heterocycles. The average Bonchev–Trinajstić information content (AvgIpc) is 3.55. The van der Waals surface area contributed by atoms with Gasteiger partial charge in [-0.3, -0.25) is 14.7 Å². The highest BCUT2D eigenvalue weighted by atomic mass is 32.2. The molecule has 3 N–H and O–H groups in total. The van der Waals surface area contributed by atoms with Crippen LogP contribution in [0, 0.1) is 5.92 Å². The van der Waals surface area contributed by atoms with Crippen molar-refractivity contribution in [1.82, 2.24) is 18.5 Å². The lowest BCUT2D eigenvalue weighted by Crippen LogP contribution is -2.65. The van der Waals surface area contributed by atoms with E-state index in [0.29, 0.717) is 36.7 Å². The third-order valence-corrected chi connectivity index (χ3v) is 14.1. The SMILES string of the molecule is CC(C)CN(CC[C@](O)(Cc1ccccc1)C(C)(CC(N)=O)S(=O)(=O)N1CCN(Cc2cccnc2)CC1)S(=O)(=O)c1ccc2c(c1)OCO2. The fourth-order valence-electron chi connectivity index (χ4n) is 6.68. The molecule has 0 bridgehead atoms. The molecule has 0 saturated carbocycles. The monoisotopic (exact) mass is 729 g/mol. The number of sulfonamides is 2. The number of pyridine rings is 1. The molecular formula is C35H47N5O8S2. The summed E-state index contributed by atoms with van der Waals surface area (Å²) >= 11 is 0. The van der Waals surface area contributed by atoms with Crippen molar-refractivity contribution in [3.8, 4) is 11.5 Å². The number of amides is 1. The van der Waals surface area contributed by atoms with Gasteiger partial charge in [-0.1, -0.05) is 50.2 Å². The number of benzene rings is 2. The second-order valence-electron chi connectivity index (χ2n) is 13.6. The Morgan fingerprint density at radius 2 is 1.66 bits per heavy atom. The standard InChI is InChI=1S/C35H47N5O8S2/c1-27(2)24-40(49(43,44)30-11-12-31-32(20-30)48-26-47-31)15-13-35(42,21-28-8-5-4-6-9-28)34(3,22-33(36)41)50(45,46)39-18-16-38(17-19-39)25-29-10-7-14-37-23-29/h4-12,14,20,23,27,42H,13,15-19,21-22,24-26H2,1-3H3,(H2,36,41)/t34?,35-/m0/s1. The van der Waals surface area contributed by atoms with Crippen LogP contribution < -0.4 is 15.2 Å². The molecule has 272 valence electrons. The summed E-state index contributed by atoms with van der Waals surface area (Å²) in [5, 5.41) is 12.8. The predicted octanol–water partition coefficient (Wildman–Crippen LogP) is 2.60. The fraction of sp³-hybridized carbons (Fsp3) is 0.486. The van der Waals surface area contributed by atoms with Gasteiger partial charge in [0.05, 0.1) is 10.5 Å². The number of piperazine rings is 1. The lowest BCUT2D eigenvalue weighted by molar-refractivity contribution is -0.121. The smallest absolute Gasteiger partial charge is 0.243 e. The second-order valence-corrected chi connectivity index (χ2v) is 17.9. The van der Waals surface area contributed by atoms with E-state index in [9.17, 15) is 26.7 Å². The van der Waals surface area contributed by atoms with Crippen molar-refractivity contribution in [2.75, 3.05) is 46.1 Å². The van der Waals surface area contributed by atoms with Gasteiger partial charge in [0.1, 0.15) is 4.75 Å². The number of hydrogen-bond acceptors (Lipinski definition) is 10. The van der Waals surface area contributed by atoms with E-state index in [2.05, 4.69) is 9.88 Å². The van der Waals surface area contributed by atoms with Crippen LogP contribution in [0.4, 0.5) is 0 Å². The van der Waals surface area contributed by atoms with E-state index in [1.807, 2.05) is 26.0 Å². The van der Waals surface area contributed by atoms with Crippen LogP contribution in [-0.4, -0.2) is 103 Å². The van der Waals surface area contributed by atoms with Gasteiger partial charge < -0.3 is 20.3 Å². The molecule has 15 heteroatoms. The van der Waals surface area contributed by atoms with Gasteiger partial charge in [-0.15, -0.1) is 0 Å². The number of ether oxygens (including phenoxy) is 2. The number of carbonyl (C=O) groups is 1. The van der Waals surface area contributed by atoms with E-state index >= 15 is 0 Å². The van der Waals surface area contributed by atoms with Crippen LogP contribution in [0.5, 0.6) is 11.5 Å². The fourth-order valence-corrected chi connectivity index (χ4v) is 10.5. The molecular weight excluding hydrogens is 683 g/mol. The summed E-state index contributed by atoms with van der Waals surface area (Å²) in [6, 6.07) is 17.0. The van der Waals surface area contributed by atoms with Crippen molar-refractivity contribution in [2.24, 2.45) is 11.7 Å². The lowest BCUT2D eigenvalue weighted by Gasteiger charge is -2.48. The Bertz CT molecular complexity index is 1840. The van der Waals surface area contributed by atoms with Gasteiger partial charge >= 0.3 is 0 Å². The Morgan fingerprint density at radius 1 is 0.980 bits per heavy atom. The Hall–Kier alpha value is -3.60. The topological polar surface area (TPSA) is 173 Å². The van der Waals surface area contributed by atoms with Gasteiger partial charge in [0.2, 0.25) is 32.7 Å². The van der Waals surface area contributed by atoms with E-state index in [0.717, 1.165) is 5.56 Å². The van der Waals surface area contributed by atoms with Crippen LogP contribution in [0.1, 0.15) is 44.7 Å². The second kappa shape index (κ2) is 15.3. The molecule has 3 aromatic rings. The van der Waals surface area contributed by atoms with Crippen LogP contribution in [-0.2, 0) is 37.8 Å². The predicted molar refractivity (Wildman–Crippen MR) is 188 cm³/mol. The molecule has 1 amide bonds. The average molecular weight is 730 g/mol. The zero-order chi connectivity index (χ0) is 36.2. The number of nitrogens with two attached hydrogens (primary N) is 1. The first-order valence-electron chi connectivity index (χ1n) is 16.7. The lowest BCUT2D eigenvalue weighted by atomic mass is 9.78. The zero-order valence-electron chi connectivity index (χ0n) is 28.8. The van der Waals surface area contributed by atoms with Crippen molar-refractivity contribution in [2.45, 2.75) is 61.8 Å². The van der Waals surface area contributed by atoms with Gasteiger partial charge in [-0.25, -0.2) is 16.8 Å². The molecule has 2 aliphatic heterocycles. The van der Waals surface area contributed by atoms with Gasteiger partial charge in [0, 0.05) is 77.1 Å². The van der Waals surface area contributed by atoms with Gasteiger partial charge in [-0.05, 0) is 48.6 Å². The zero-order valence-corrected chi connectivity index (χ0v) is 30.4. The highest BCUT2D eigenvalue weighted by molar-refractivity contribution is 7.90. The van der Waals surface area contributed by atoms with Gasteiger partial charge in [-0.2, -0.15) is 8.61 Å². The number of fused-ring (bicyclic) bond motifs is 1. The van der Waals surface area contributed by atoms with Crippen molar-refractivity contribution in [3.05, 3.63) is 84.2 Å². The van der Waals surface area contributed by atoms with E-state index in [1.165, 1.54) is 33.7 Å². The largest absolute Gasteiger partial charge is 0.454 e. The third-order valence-electron chi connectivity index (χ3n) is 9.53. The van der Waals surface area contributed by atoms with Crippen LogP contribution in [0.2, 0.25) is 0 Å². The quantitative estimate of drug-likeness (QED) is 0.223. The molecule has 5 rings (SSSR count). The highest BCUT2D eigenvalue weighted by Crippen LogP contribution is 2.42. The maximum absolute atomic E-state index is 14.8. The van der Waals surface area contributed by atoms with Crippen molar-refractivity contribution < 1.29 is 36.2 Å². The molecule has 50 heavy (non-hydrogen) atoms. The Balaban J connectivity index is 1.47. The van der Waals surface area contributed by atoms with Crippen molar-refractivity contribution >= 4 is 26.0 Å². The summed E-state index contributed by atoms with van der Waals surface area (Å²) in [6.07, 6.45) is 2.32. The maximum Gasteiger partial charge on any atom is 0.243 e. The first-order chi connectivity index (χ1) is 23.6. The van der Waals surface area contributed by atoms with E-state index < -0.39 is 42.7 Å². The van der Waals surface area contributed by atoms with E-state index in [4.69, 9.17) is 15.2 Å². The number of aliphatic hydroxyl groups is 1. The molecule has 1 unspecified atom stereocenters. The van der Waals surface area contributed by atoms with E-state index in [1.54, 1.807) is 42.7 Å². The molecule has 13 nitrogen and oxygen atoms in total. The number of carbonyl (C=O) groups excluding carboxylic acids is 1. The molecule has 2 aromatic carbocycles. The van der Waals surface area contributed by atoms with Crippen LogP contribution in [0.25, 0.3) is 0 Å². The van der Waals surface area contributed by atoms with Crippen LogP contribution >= 0.6 is 0 Å². The third kappa shape index (κ3) is 8.13. The first kappa shape index (κ1) is 37.7. The summed E-state index contributed by atoms with van der Waals surface area (Å²) in [4.78, 5) is 19.0. The first-order valence-corrected chi connectivity index (χ1v) is 19.6. The number of primary amides is 1. The normalized spacial score (nSPS) is 18.2. The summed E-state index contributed by atoms with van der Waals surface area (Å²) < 4.78 is 69.0. The summed E-state index contributed by atoms with van der Waals surface area (Å²) in [6.45, 7) is 6.65. The Labute approximate surface area is 295 Å². The highest BCUT2D eigenvalue weighted by Gasteiger charge is 2.58. The van der Waals surface area contributed by atoms with Crippen LogP contribution in [0.15, 0.2) is 78.0 Å². The van der Waals surface area contributed by atoms with Crippen LogP contribution in [0.3, 0.4) is 0 Å². The minimum Gasteiger partial charge on any atom is -0.454 e.